The van der Waals surface area contributed by atoms with Gasteiger partial charge in [-0.1, -0.05) is 35.4 Å². The number of allylic oxidation sites excluding steroid dienone is 4. The molecule has 2 N–H and O–H groups in total. The van der Waals surface area contributed by atoms with Crippen LogP contribution >= 0.6 is 0 Å². The van der Waals surface area contributed by atoms with E-state index < -0.39 is 0 Å². The van der Waals surface area contributed by atoms with E-state index in [1.165, 1.54) is 22.3 Å². The molecule has 0 aliphatic heterocycles. The molecule has 4 rings (SSSR count). The minimum Gasteiger partial charge on any atom is -0.179 e. The molecule has 2 aromatic rings. The van der Waals surface area contributed by atoms with Gasteiger partial charge in [0.1, 0.15) is 0 Å². The van der Waals surface area contributed by atoms with Gasteiger partial charge in [-0.05, 0) is 6.42 Å². The van der Waals surface area contributed by atoms with Crippen LogP contribution in [0.25, 0.3) is 11.1 Å². The molecule has 0 fully saturated rings. The number of benzene rings is 2. The van der Waals surface area contributed by atoms with Gasteiger partial charge in [0.05, 0.1) is 0 Å². The molecule has 0 saturated heterocycles. The predicted molar refractivity (Wildman–Crippen MR) is 113 cm³/mol. The van der Waals surface area contributed by atoms with Crippen LogP contribution in [-0.2, 0) is 25.6 Å². The Morgan fingerprint density at radius 2 is 1.54 bits per heavy atom. The third-order valence-electron chi connectivity index (χ3n) is 3.20. The van der Waals surface area contributed by atoms with E-state index in [0.717, 1.165) is 27.1 Å². The smallest absolute Gasteiger partial charge is 0.0253 e. The monoisotopic (exact) mass is 402 g/mol. The fourth-order valence-corrected chi connectivity index (χ4v) is 2.34. The first-order valence-electron chi connectivity index (χ1n) is 7.49. The Hall–Kier alpha value is -1.23. The topological polar surface area (TPSA) is 40.5 Å². The summed E-state index contributed by atoms with van der Waals surface area (Å²) in [5.41, 5.74) is 5.51. The molecular weight excluding hydrogens is 372 g/mol. The Kier molecular flexibility index (Phi) is 22.8. The van der Waals surface area contributed by atoms with Crippen molar-refractivity contribution in [2.24, 2.45) is 0 Å². The molecule has 2 aromatic carbocycles. The first kappa shape index (κ1) is 29.5. The molecule has 0 aromatic heterocycles. The summed E-state index contributed by atoms with van der Waals surface area (Å²) in [6.07, 6.45) is 11.0. The largest absolute Gasteiger partial charge is 0.179 e. The minimum atomic E-state index is 0. The summed E-state index contributed by atoms with van der Waals surface area (Å²) >= 11 is 2.03. The van der Waals surface area contributed by atoms with Crippen LogP contribution in [0.4, 0.5) is 0 Å². The molecule has 0 radical (unpaired) electrons. The Morgan fingerprint density at radius 1 is 0.923 bits per heavy atom. The number of rotatable bonds is 0. The van der Waals surface area contributed by atoms with Gasteiger partial charge in [0, 0.05) is 14.2 Å². The van der Waals surface area contributed by atoms with Crippen molar-refractivity contribution in [3.63, 3.8) is 0 Å². The quantitative estimate of drug-likeness (QED) is 0.446. The molecular formula is C22H30O2SiTi-4. The van der Waals surface area contributed by atoms with Crippen LogP contribution in [0.15, 0.2) is 60.7 Å². The molecule has 4 heteroatoms. The van der Waals surface area contributed by atoms with Gasteiger partial charge in [0.25, 0.3) is 0 Å². The first-order chi connectivity index (χ1) is 11.9. The van der Waals surface area contributed by atoms with E-state index in [4.69, 9.17) is 10.2 Å². The van der Waals surface area contributed by atoms with Crippen LogP contribution in [0.3, 0.4) is 0 Å². The molecule has 0 spiro atoms. The number of hydrogen-bond acceptors (Lipinski definition) is 2. The van der Waals surface area contributed by atoms with E-state index in [2.05, 4.69) is 54.6 Å². The van der Waals surface area contributed by atoms with Crippen LogP contribution in [-0.4, -0.2) is 32.1 Å². The second kappa shape index (κ2) is 20.1. The third-order valence-corrected chi connectivity index (χ3v) is 3.20. The Balaban J connectivity index is -0.000000349. The van der Waals surface area contributed by atoms with Gasteiger partial charge in [-0.3, -0.25) is 6.08 Å². The molecule has 0 atom stereocenters. The SMILES string of the molecule is CO.CO.[C-]1=CC=CC1.[CH3-].[CH3-].[SiH2]=[Ti].[c-]1cccc2c1Cc1ccccc1-2. The van der Waals surface area contributed by atoms with Gasteiger partial charge in [-0.2, -0.15) is 35.9 Å². The summed E-state index contributed by atoms with van der Waals surface area (Å²) in [7, 11) is 3.86. The average molecular weight is 402 g/mol. The second-order valence-corrected chi connectivity index (χ2v) is 4.40. The Labute approximate surface area is 173 Å². The fraction of sp³-hybridized carbons (Fsp3) is 0.182. The zero-order valence-electron chi connectivity index (χ0n) is 16.3. The van der Waals surface area contributed by atoms with Crippen LogP contribution in [0, 0.1) is 27.0 Å². The van der Waals surface area contributed by atoms with Crippen LogP contribution in [0.5, 0.6) is 0 Å². The molecule has 2 aliphatic rings. The van der Waals surface area contributed by atoms with E-state index >= 15 is 0 Å². The van der Waals surface area contributed by atoms with Gasteiger partial charge >= 0.3 is 26.8 Å². The number of fused-ring (bicyclic) bond motifs is 3. The summed E-state index contributed by atoms with van der Waals surface area (Å²) in [4.78, 5) is 0. The molecule has 0 heterocycles. The predicted octanol–water partition coefficient (Wildman–Crippen LogP) is 3.56. The van der Waals surface area contributed by atoms with Gasteiger partial charge in [-0.15, -0.1) is 12.0 Å². The van der Waals surface area contributed by atoms with Crippen molar-refractivity contribution in [2.45, 2.75) is 12.8 Å². The van der Waals surface area contributed by atoms with Crippen LogP contribution in [0.1, 0.15) is 17.5 Å². The van der Waals surface area contributed by atoms with Crippen LogP contribution < -0.4 is 0 Å². The van der Waals surface area contributed by atoms with Crippen molar-refractivity contribution in [3.05, 3.63) is 98.8 Å². The van der Waals surface area contributed by atoms with Crippen molar-refractivity contribution in [1.29, 1.82) is 0 Å². The maximum absolute atomic E-state index is 7.00. The van der Waals surface area contributed by atoms with Crippen molar-refractivity contribution in [1.82, 2.24) is 0 Å². The standard InChI is InChI=1S/C13H9.C5H5.2CH4O.2CH3.H2Si.Ti/c1-3-7-12-10(5-1)9-11-6-2-4-8-13(11)12;1-2-4-5-3-1;2*1-2;;;;/h1-5,7-8H,9H2;1-3H,4H2;2*2H,1H3;2*1H3;1H2;/q2*-1;;;2*-1;;. The molecule has 142 valence electrons. The molecule has 0 unspecified atom stereocenters. The van der Waals surface area contributed by atoms with E-state index in [1.54, 1.807) is 0 Å². The second-order valence-electron chi connectivity index (χ2n) is 4.40. The number of hydrogen-bond donors (Lipinski definition) is 2. The molecule has 0 saturated carbocycles. The number of aliphatic hydroxyl groups is 2. The molecule has 2 nitrogen and oxygen atoms in total. The van der Waals surface area contributed by atoms with E-state index in [1.807, 2.05) is 45.0 Å². The summed E-state index contributed by atoms with van der Waals surface area (Å²) in [5, 5.41) is 14.0. The molecule has 26 heavy (non-hydrogen) atoms. The van der Waals surface area contributed by atoms with Crippen LogP contribution in [0.2, 0.25) is 0 Å². The maximum atomic E-state index is 7.00. The zero-order chi connectivity index (χ0) is 18.2. The molecule has 0 bridgehead atoms. The normalized spacial score (nSPS) is 10.1. The van der Waals surface area contributed by atoms with Crippen molar-refractivity contribution < 1.29 is 29.4 Å². The first-order valence-corrected chi connectivity index (χ1v) is 11.5. The van der Waals surface area contributed by atoms with Gasteiger partial charge in [0.2, 0.25) is 0 Å². The van der Waals surface area contributed by atoms with Crippen molar-refractivity contribution in [2.75, 3.05) is 14.2 Å². The fourth-order valence-electron chi connectivity index (χ4n) is 2.34. The number of aliphatic hydroxyl groups excluding tert-OH is 2. The molecule has 2 aliphatic carbocycles. The Morgan fingerprint density at radius 3 is 2.08 bits per heavy atom. The van der Waals surface area contributed by atoms with E-state index in [0.29, 0.717) is 0 Å². The minimum absolute atomic E-state index is 0. The van der Waals surface area contributed by atoms with E-state index in [9.17, 15) is 0 Å². The third kappa shape index (κ3) is 9.46. The van der Waals surface area contributed by atoms with Crippen molar-refractivity contribution in [3.8, 4) is 11.1 Å². The Bertz CT molecular complexity index is 586. The molecule has 0 amide bonds. The van der Waals surface area contributed by atoms with Crippen molar-refractivity contribution >= 4 is 7.63 Å². The summed E-state index contributed by atoms with van der Waals surface area (Å²) in [6, 6.07) is 18.1. The van der Waals surface area contributed by atoms with Gasteiger partial charge < -0.3 is 25.1 Å². The average Bonchev–Trinajstić information content (AvgIpc) is 3.38. The zero-order valence-corrected chi connectivity index (χ0v) is 19.3. The van der Waals surface area contributed by atoms with Gasteiger partial charge in [-0.25, -0.2) is 12.2 Å². The van der Waals surface area contributed by atoms with Gasteiger partial charge in [0.15, 0.2) is 0 Å². The summed E-state index contributed by atoms with van der Waals surface area (Å²) in [5.74, 6) is 0. The summed E-state index contributed by atoms with van der Waals surface area (Å²) < 4.78 is 0. The van der Waals surface area contributed by atoms with E-state index in [-0.39, 0.29) is 14.9 Å². The summed E-state index contributed by atoms with van der Waals surface area (Å²) in [6.45, 7) is 0. The maximum Gasteiger partial charge on any atom is -0.0253 e.